The Morgan fingerprint density at radius 3 is 2.95 bits per heavy atom. The zero-order valence-electron chi connectivity index (χ0n) is 12.0. The first-order valence-corrected chi connectivity index (χ1v) is 7.77. The fourth-order valence-electron chi connectivity index (χ4n) is 3.08. The Balaban J connectivity index is 1.62. The third-order valence-corrected chi connectivity index (χ3v) is 5.25. The van der Waals surface area contributed by atoms with Crippen molar-refractivity contribution >= 4 is 29.2 Å². The molecule has 2 fully saturated rings. The van der Waals surface area contributed by atoms with Crippen LogP contribution < -0.4 is 11.1 Å². The molecule has 5 N–H and O–H groups in total. The number of hydrogen-bond acceptors (Lipinski definition) is 5. The van der Waals surface area contributed by atoms with E-state index >= 15 is 0 Å². The average Bonchev–Trinajstić information content (AvgIpc) is 2.84. The number of nitrogen functional groups attached to an aromatic ring is 1. The topological polar surface area (TPSA) is 132 Å². The number of hydrogen-bond donors (Lipinski definition) is 4. The summed E-state index contributed by atoms with van der Waals surface area (Å²) in [6, 6.07) is -0.668. The van der Waals surface area contributed by atoms with Crippen molar-refractivity contribution in [2.24, 2.45) is 11.1 Å². The predicted octanol–water partition coefficient (Wildman–Crippen LogP) is 0.574. The Morgan fingerprint density at radius 2 is 2.36 bits per heavy atom. The van der Waals surface area contributed by atoms with Crippen molar-refractivity contribution in [2.75, 3.05) is 0 Å². The monoisotopic (exact) mass is 323 g/mol. The van der Waals surface area contributed by atoms with E-state index in [0.29, 0.717) is 17.1 Å². The van der Waals surface area contributed by atoms with Gasteiger partial charge in [-0.05, 0) is 18.3 Å². The van der Waals surface area contributed by atoms with Crippen LogP contribution in [0.4, 0.5) is 4.79 Å². The van der Waals surface area contributed by atoms with Crippen molar-refractivity contribution in [3.05, 3.63) is 16.1 Å². The number of likely N-dealkylation sites (tertiary alicyclic amines) is 1. The van der Waals surface area contributed by atoms with Crippen LogP contribution in [-0.2, 0) is 11.3 Å². The minimum Gasteiger partial charge on any atom is -0.465 e. The van der Waals surface area contributed by atoms with Gasteiger partial charge in [-0.1, -0.05) is 6.92 Å². The number of fused-ring (bicyclic) bond motifs is 1. The van der Waals surface area contributed by atoms with E-state index in [1.807, 2.05) is 6.92 Å². The van der Waals surface area contributed by atoms with Crippen LogP contribution >= 0.6 is 11.3 Å². The largest absolute Gasteiger partial charge is 0.465 e. The molecule has 22 heavy (non-hydrogen) atoms. The molecule has 118 valence electrons. The molecule has 1 aromatic rings. The number of piperidine rings is 1. The van der Waals surface area contributed by atoms with E-state index < -0.39 is 12.1 Å². The van der Waals surface area contributed by atoms with E-state index in [4.69, 9.17) is 11.1 Å². The van der Waals surface area contributed by atoms with Gasteiger partial charge in [0.15, 0.2) is 0 Å². The van der Waals surface area contributed by atoms with E-state index in [2.05, 4.69) is 10.3 Å². The quantitative estimate of drug-likeness (QED) is 0.475. The highest BCUT2D eigenvalue weighted by Crippen LogP contribution is 2.59. The number of amides is 2. The van der Waals surface area contributed by atoms with Crippen LogP contribution in [0.3, 0.4) is 0 Å². The summed E-state index contributed by atoms with van der Waals surface area (Å²) in [5, 5.41) is 21.6. The number of carboxylic acid groups (broad SMARTS) is 1. The number of nitrogens with zero attached hydrogens (tertiary/aromatic N) is 2. The second kappa shape index (κ2) is 4.94. The highest BCUT2D eigenvalue weighted by atomic mass is 32.1. The predicted molar refractivity (Wildman–Crippen MR) is 79.8 cm³/mol. The van der Waals surface area contributed by atoms with E-state index in [9.17, 15) is 14.7 Å². The van der Waals surface area contributed by atoms with Gasteiger partial charge >= 0.3 is 6.09 Å². The maximum atomic E-state index is 12.3. The molecule has 1 saturated heterocycles. The molecule has 3 atom stereocenters. The molecule has 3 rings (SSSR count). The zero-order chi connectivity index (χ0) is 16.1. The first kappa shape index (κ1) is 14.8. The molecule has 1 aliphatic carbocycles. The lowest BCUT2D eigenvalue weighted by molar-refractivity contribution is -0.125. The summed E-state index contributed by atoms with van der Waals surface area (Å²) in [6.45, 7) is 2.23. The highest BCUT2D eigenvalue weighted by molar-refractivity contribution is 7.09. The van der Waals surface area contributed by atoms with Crippen molar-refractivity contribution in [1.29, 1.82) is 5.41 Å². The van der Waals surface area contributed by atoms with Gasteiger partial charge in [-0.3, -0.25) is 15.1 Å². The highest BCUT2D eigenvalue weighted by Gasteiger charge is 2.64. The molecule has 0 radical (unpaired) electrons. The summed E-state index contributed by atoms with van der Waals surface area (Å²) in [6.07, 6.45) is 0.351. The van der Waals surface area contributed by atoms with Gasteiger partial charge in [-0.25, -0.2) is 9.78 Å². The van der Waals surface area contributed by atoms with Crippen LogP contribution in [-0.4, -0.2) is 44.9 Å². The SMILES string of the molecule is C[C@@]12C[C@@H]1N(C(=O)O)[C@H](C(=O)NCc1nc(C(=N)N)cs1)C2. The lowest BCUT2D eigenvalue weighted by atomic mass is 10.0. The van der Waals surface area contributed by atoms with E-state index in [-0.39, 0.29) is 29.7 Å². The summed E-state index contributed by atoms with van der Waals surface area (Å²) < 4.78 is 0. The first-order chi connectivity index (χ1) is 10.3. The Morgan fingerprint density at radius 1 is 1.64 bits per heavy atom. The molecule has 1 aromatic heterocycles. The smallest absolute Gasteiger partial charge is 0.408 e. The van der Waals surface area contributed by atoms with Gasteiger partial charge in [0.2, 0.25) is 5.91 Å². The summed E-state index contributed by atoms with van der Waals surface area (Å²) in [7, 11) is 0. The van der Waals surface area contributed by atoms with Crippen LogP contribution in [0.25, 0.3) is 0 Å². The van der Waals surface area contributed by atoms with Gasteiger partial charge in [-0.15, -0.1) is 11.3 Å². The zero-order valence-corrected chi connectivity index (χ0v) is 12.8. The van der Waals surface area contributed by atoms with Crippen molar-refractivity contribution in [1.82, 2.24) is 15.2 Å². The fraction of sp³-hybridized carbons (Fsp3) is 0.538. The molecule has 0 unspecified atom stereocenters. The number of amidine groups is 1. The van der Waals surface area contributed by atoms with E-state index in [1.54, 1.807) is 5.38 Å². The van der Waals surface area contributed by atoms with Crippen molar-refractivity contribution in [3.8, 4) is 0 Å². The maximum Gasteiger partial charge on any atom is 0.408 e. The number of thiazole rings is 1. The number of nitrogens with one attached hydrogen (secondary N) is 2. The van der Waals surface area contributed by atoms with Gasteiger partial charge in [0.25, 0.3) is 0 Å². The Kier molecular flexibility index (Phi) is 3.32. The Bertz CT molecular complexity index is 660. The molecule has 2 amide bonds. The number of aromatic nitrogens is 1. The number of nitrogens with two attached hydrogens (primary N) is 1. The minimum atomic E-state index is -1.04. The summed E-state index contributed by atoms with van der Waals surface area (Å²) >= 11 is 1.30. The first-order valence-electron chi connectivity index (χ1n) is 6.89. The van der Waals surface area contributed by atoms with Crippen LogP contribution in [0.5, 0.6) is 0 Å². The van der Waals surface area contributed by atoms with Gasteiger partial charge in [0.05, 0.1) is 6.54 Å². The third-order valence-electron chi connectivity index (χ3n) is 4.40. The summed E-state index contributed by atoms with van der Waals surface area (Å²) in [4.78, 5) is 29.0. The molecule has 2 heterocycles. The van der Waals surface area contributed by atoms with Crippen LogP contribution in [0.15, 0.2) is 5.38 Å². The molecule has 0 spiro atoms. The van der Waals surface area contributed by atoms with Gasteiger partial charge in [-0.2, -0.15) is 0 Å². The van der Waals surface area contributed by atoms with E-state index in [1.165, 1.54) is 16.2 Å². The normalized spacial score (nSPS) is 29.0. The maximum absolute atomic E-state index is 12.3. The molecule has 0 aromatic carbocycles. The lowest BCUT2D eigenvalue weighted by Crippen LogP contribution is -2.47. The fourth-order valence-corrected chi connectivity index (χ4v) is 3.81. The second-order valence-corrected chi connectivity index (χ2v) is 6.98. The molecular formula is C13H17N5O3S. The summed E-state index contributed by atoms with van der Waals surface area (Å²) in [5.41, 5.74) is 5.67. The Labute approximate surface area is 130 Å². The summed E-state index contributed by atoms with van der Waals surface area (Å²) in [5.74, 6) is -0.412. The number of carbonyl (C=O) groups excluding carboxylic acids is 1. The van der Waals surface area contributed by atoms with Crippen molar-refractivity contribution < 1.29 is 14.7 Å². The molecule has 1 saturated carbocycles. The number of carbonyl (C=O) groups is 2. The van der Waals surface area contributed by atoms with Crippen LogP contribution in [0.2, 0.25) is 0 Å². The minimum absolute atomic E-state index is 0.0371. The number of rotatable bonds is 4. The second-order valence-electron chi connectivity index (χ2n) is 6.04. The Hall–Kier alpha value is -2.16. The van der Waals surface area contributed by atoms with Gasteiger partial charge < -0.3 is 16.2 Å². The van der Waals surface area contributed by atoms with E-state index in [0.717, 1.165) is 6.42 Å². The van der Waals surface area contributed by atoms with Crippen LogP contribution in [0, 0.1) is 10.8 Å². The molecule has 9 heteroatoms. The van der Waals surface area contributed by atoms with Crippen molar-refractivity contribution in [3.63, 3.8) is 0 Å². The lowest BCUT2D eigenvalue weighted by Gasteiger charge is -2.23. The average molecular weight is 323 g/mol. The molecule has 0 bridgehead atoms. The molecular weight excluding hydrogens is 306 g/mol. The molecule has 8 nitrogen and oxygen atoms in total. The van der Waals surface area contributed by atoms with Crippen LogP contribution in [0.1, 0.15) is 30.5 Å². The van der Waals surface area contributed by atoms with Gasteiger partial charge in [0.1, 0.15) is 22.6 Å². The molecule has 2 aliphatic rings. The third kappa shape index (κ3) is 2.41. The van der Waals surface area contributed by atoms with Crippen molar-refractivity contribution in [2.45, 2.75) is 38.4 Å². The standard InChI is InChI=1S/C13H17N5O3S/c1-13-2-7(18(12(20)21)8(13)3-13)11(19)16-4-9-17-6(5-22-9)10(14)15/h5,7-8H,2-4H2,1H3,(H3,14,15)(H,16,19)(H,20,21)/t7-,8-,13+/m0/s1. The molecule has 1 aliphatic heterocycles. The van der Waals surface area contributed by atoms with Gasteiger partial charge in [0, 0.05) is 11.4 Å².